The molecule has 8 nitrogen and oxygen atoms in total. The van der Waals surface area contributed by atoms with Gasteiger partial charge >= 0.3 is 5.69 Å². The molecule has 0 atom stereocenters. The Labute approximate surface area is 129 Å². The normalized spacial score (nSPS) is 10.3. The quantitative estimate of drug-likeness (QED) is 0.439. The number of rotatable bonds is 4. The van der Waals surface area contributed by atoms with E-state index in [9.17, 15) is 10.1 Å². The predicted octanol–water partition coefficient (Wildman–Crippen LogP) is 2.79. The fourth-order valence-electron chi connectivity index (χ4n) is 1.90. The van der Waals surface area contributed by atoms with Crippen LogP contribution in [0.3, 0.4) is 0 Å². The molecule has 4 N–H and O–H groups in total. The number of hydrogen-bond donors (Lipinski definition) is 3. The van der Waals surface area contributed by atoms with Crippen molar-refractivity contribution in [1.82, 2.24) is 9.97 Å². The van der Waals surface area contributed by atoms with Gasteiger partial charge in [0.05, 0.1) is 4.92 Å². The molecule has 0 aliphatic rings. The lowest BCUT2D eigenvalue weighted by atomic mass is 10.1. The number of aryl methyl sites for hydroxylation is 2. The van der Waals surface area contributed by atoms with Crippen LogP contribution in [-0.2, 0) is 0 Å². The van der Waals surface area contributed by atoms with Gasteiger partial charge in [-0.2, -0.15) is 0 Å². The van der Waals surface area contributed by atoms with Gasteiger partial charge in [0, 0.05) is 10.2 Å². The van der Waals surface area contributed by atoms with E-state index < -0.39 is 4.92 Å². The molecule has 0 amide bonds. The molecule has 0 aliphatic heterocycles. The summed E-state index contributed by atoms with van der Waals surface area (Å²) in [5.74, 6) is 5.26. The maximum absolute atomic E-state index is 11.2. The highest BCUT2D eigenvalue weighted by Gasteiger charge is 2.22. The molecule has 0 fully saturated rings. The molecule has 110 valence electrons. The average molecular weight is 353 g/mol. The Hall–Kier alpha value is -2.26. The third-order valence-corrected chi connectivity index (χ3v) is 4.09. The fraction of sp³-hybridized carbons (Fsp3) is 0.167. The van der Waals surface area contributed by atoms with Crippen LogP contribution in [0, 0.1) is 24.0 Å². The third-order valence-electron chi connectivity index (χ3n) is 2.84. The molecule has 1 aromatic heterocycles. The first-order valence-electron chi connectivity index (χ1n) is 5.93. The Morgan fingerprint density at radius 2 is 1.81 bits per heavy atom. The molecule has 0 unspecified atom stereocenters. The van der Waals surface area contributed by atoms with Crippen LogP contribution in [0.5, 0.6) is 0 Å². The standard InChI is InChI=1S/C12H13BrN6O2/c1-6-3-8(4-7(2)9(6)13)17-11-10(19(20)21)12(18-14)16-5-15-11/h3-5H,14H2,1-2H3,(H2,15,16,17,18). The Morgan fingerprint density at radius 3 is 2.33 bits per heavy atom. The van der Waals surface area contributed by atoms with Crippen molar-refractivity contribution in [2.24, 2.45) is 5.84 Å². The van der Waals surface area contributed by atoms with E-state index in [4.69, 9.17) is 5.84 Å². The molecule has 2 rings (SSSR count). The topological polar surface area (TPSA) is 119 Å². The van der Waals surface area contributed by atoms with Gasteiger partial charge in [0.15, 0.2) is 0 Å². The number of halogens is 1. The fourth-order valence-corrected chi connectivity index (χ4v) is 2.13. The van der Waals surface area contributed by atoms with Crippen LogP contribution in [0.2, 0.25) is 0 Å². The number of benzene rings is 1. The zero-order chi connectivity index (χ0) is 15.6. The summed E-state index contributed by atoms with van der Waals surface area (Å²) in [6, 6.07) is 3.72. The highest BCUT2D eigenvalue weighted by Crippen LogP contribution is 2.32. The van der Waals surface area contributed by atoms with Gasteiger partial charge in [-0.05, 0) is 37.1 Å². The van der Waals surface area contributed by atoms with Crippen molar-refractivity contribution in [2.75, 3.05) is 10.7 Å². The van der Waals surface area contributed by atoms with Crippen LogP contribution in [0.1, 0.15) is 11.1 Å². The molecule has 21 heavy (non-hydrogen) atoms. The average Bonchev–Trinajstić information content (AvgIpc) is 2.44. The minimum atomic E-state index is -0.587. The van der Waals surface area contributed by atoms with E-state index in [2.05, 4.69) is 36.6 Å². The van der Waals surface area contributed by atoms with E-state index >= 15 is 0 Å². The second-order valence-corrected chi connectivity index (χ2v) is 5.16. The van der Waals surface area contributed by atoms with E-state index in [1.165, 1.54) is 6.33 Å². The number of hydrogen-bond acceptors (Lipinski definition) is 7. The Morgan fingerprint density at radius 1 is 1.24 bits per heavy atom. The van der Waals surface area contributed by atoms with Crippen molar-refractivity contribution >= 4 is 38.9 Å². The first-order valence-corrected chi connectivity index (χ1v) is 6.73. The molecule has 0 spiro atoms. The highest BCUT2D eigenvalue weighted by molar-refractivity contribution is 9.10. The summed E-state index contributed by atoms with van der Waals surface area (Å²) in [6.07, 6.45) is 1.20. The van der Waals surface area contributed by atoms with Crippen molar-refractivity contribution in [3.05, 3.63) is 44.2 Å². The van der Waals surface area contributed by atoms with E-state index in [0.29, 0.717) is 5.69 Å². The number of hydrazine groups is 1. The number of nitrogen functional groups attached to an aromatic ring is 1. The molecule has 0 radical (unpaired) electrons. The monoisotopic (exact) mass is 352 g/mol. The summed E-state index contributed by atoms with van der Waals surface area (Å²) in [7, 11) is 0. The second kappa shape index (κ2) is 6.02. The number of nitrogens with zero attached hydrogens (tertiary/aromatic N) is 3. The number of anilines is 3. The van der Waals surface area contributed by atoms with E-state index in [0.717, 1.165) is 15.6 Å². The lowest BCUT2D eigenvalue weighted by Crippen LogP contribution is -2.12. The maximum Gasteiger partial charge on any atom is 0.354 e. The number of nitro groups is 1. The number of aromatic nitrogens is 2. The van der Waals surface area contributed by atoms with Crippen LogP contribution in [0.25, 0.3) is 0 Å². The van der Waals surface area contributed by atoms with Gasteiger partial charge in [-0.15, -0.1) is 0 Å². The highest BCUT2D eigenvalue weighted by atomic mass is 79.9. The first-order chi connectivity index (χ1) is 9.93. The smallest absolute Gasteiger partial charge is 0.334 e. The lowest BCUT2D eigenvalue weighted by Gasteiger charge is -2.11. The number of nitrogens with one attached hydrogen (secondary N) is 2. The van der Waals surface area contributed by atoms with Crippen LogP contribution in [0.15, 0.2) is 22.9 Å². The molecule has 1 heterocycles. The van der Waals surface area contributed by atoms with Crippen LogP contribution < -0.4 is 16.6 Å². The maximum atomic E-state index is 11.2. The molecular formula is C12H13BrN6O2. The Kier molecular flexibility index (Phi) is 4.34. The molecule has 0 saturated heterocycles. The summed E-state index contributed by atoms with van der Waals surface area (Å²) in [5.41, 5.74) is 4.59. The van der Waals surface area contributed by atoms with Crippen molar-refractivity contribution < 1.29 is 4.92 Å². The minimum Gasteiger partial charge on any atom is -0.334 e. The molecule has 0 aliphatic carbocycles. The molecule has 9 heteroatoms. The second-order valence-electron chi connectivity index (χ2n) is 4.37. The lowest BCUT2D eigenvalue weighted by molar-refractivity contribution is -0.383. The zero-order valence-electron chi connectivity index (χ0n) is 11.3. The molecule has 0 bridgehead atoms. The minimum absolute atomic E-state index is 0.0527. The van der Waals surface area contributed by atoms with Crippen LogP contribution >= 0.6 is 15.9 Å². The van der Waals surface area contributed by atoms with Crippen molar-refractivity contribution in [3.8, 4) is 0 Å². The summed E-state index contributed by atoms with van der Waals surface area (Å²) in [6.45, 7) is 3.87. The summed E-state index contributed by atoms with van der Waals surface area (Å²) >= 11 is 3.47. The molecule has 0 saturated carbocycles. The third kappa shape index (κ3) is 3.09. The zero-order valence-corrected chi connectivity index (χ0v) is 12.9. The van der Waals surface area contributed by atoms with Gasteiger partial charge in [-0.3, -0.25) is 10.1 Å². The van der Waals surface area contributed by atoms with Crippen molar-refractivity contribution in [1.29, 1.82) is 0 Å². The molecule has 2 aromatic rings. The van der Waals surface area contributed by atoms with Gasteiger partial charge in [0.1, 0.15) is 6.33 Å². The SMILES string of the molecule is Cc1cc(Nc2ncnc(NN)c2[N+](=O)[O-])cc(C)c1Br. The van der Waals surface area contributed by atoms with Crippen LogP contribution in [0.4, 0.5) is 23.0 Å². The summed E-state index contributed by atoms with van der Waals surface area (Å²) in [5, 5.41) is 14.1. The summed E-state index contributed by atoms with van der Waals surface area (Å²) < 4.78 is 0.995. The van der Waals surface area contributed by atoms with Gasteiger partial charge in [-0.1, -0.05) is 15.9 Å². The van der Waals surface area contributed by atoms with Crippen molar-refractivity contribution in [2.45, 2.75) is 13.8 Å². The van der Waals surface area contributed by atoms with Gasteiger partial charge in [0.25, 0.3) is 0 Å². The van der Waals surface area contributed by atoms with E-state index in [-0.39, 0.29) is 17.3 Å². The van der Waals surface area contributed by atoms with Crippen molar-refractivity contribution in [3.63, 3.8) is 0 Å². The largest absolute Gasteiger partial charge is 0.354 e. The van der Waals surface area contributed by atoms with Gasteiger partial charge in [-0.25, -0.2) is 15.8 Å². The first kappa shape index (κ1) is 15.1. The Bertz CT molecular complexity index is 683. The van der Waals surface area contributed by atoms with E-state index in [1.54, 1.807) is 0 Å². The predicted molar refractivity (Wildman–Crippen MR) is 83.4 cm³/mol. The number of nitrogens with two attached hydrogens (primary N) is 1. The van der Waals surface area contributed by atoms with E-state index in [1.807, 2.05) is 26.0 Å². The summed E-state index contributed by atoms with van der Waals surface area (Å²) in [4.78, 5) is 18.2. The molecular weight excluding hydrogens is 340 g/mol. The molecule has 1 aromatic carbocycles. The van der Waals surface area contributed by atoms with Gasteiger partial charge in [0.2, 0.25) is 11.6 Å². The van der Waals surface area contributed by atoms with Gasteiger partial charge < -0.3 is 10.7 Å². The van der Waals surface area contributed by atoms with Crippen LogP contribution in [-0.4, -0.2) is 14.9 Å². The Balaban J connectivity index is 2.47.